The monoisotopic (exact) mass is 332 g/mol. The summed E-state index contributed by atoms with van der Waals surface area (Å²) in [6.07, 6.45) is 4.86. The average Bonchev–Trinajstić information content (AvgIpc) is 2.61. The Kier molecular flexibility index (Phi) is 6.28. The summed E-state index contributed by atoms with van der Waals surface area (Å²) < 4.78 is 0. The molecule has 1 N–H and O–H groups in total. The van der Waals surface area contributed by atoms with E-state index in [0.717, 1.165) is 12.8 Å². The topological polar surface area (TPSA) is 82.6 Å². The molecule has 1 aromatic heterocycles. The molecule has 0 aliphatic carbocycles. The lowest BCUT2D eigenvalue weighted by molar-refractivity contribution is -0.130. The van der Waals surface area contributed by atoms with E-state index in [1.807, 2.05) is 0 Å². The minimum Gasteiger partial charge on any atom is -0.352 e. The van der Waals surface area contributed by atoms with Gasteiger partial charge in [0.25, 0.3) is 11.8 Å². The molecule has 1 fully saturated rings. The Morgan fingerprint density at radius 1 is 1.08 bits per heavy atom. The fourth-order valence-corrected chi connectivity index (χ4v) is 2.57. The Bertz CT molecular complexity index is 610. The second kappa shape index (κ2) is 8.42. The Labute approximate surface area is 142 Å². The van der Waals surface area contributed by atoms with Crippen LogP contribution in [0.3, 0.4) is 0 Å². The van der Waals surface area contributed by atoms with Crippen LogP contribution in [0.4, 0.5) is 0 Å². The molecule has 0 radical (unpaired) electrons. The van der Waals surface area contributed by atoms with Gasteiger partial charge in [-0.3, -0.25) is 19.4 Å². The SMILES string of the molecule is CCCCNC(=O)c1cncc(C(=O)N2CCN(C(C)=O)CC2)c1. The van der Waals surface area contributed by atoms with Crippen LogP contribution >= 0.6 is 0 Å². The highest BCUT2D eigenvalue weighted by atomic mass is 16.2. The molecule has 3 amide bonds. The number of piperazine rings is 1. The van der Waals surface area contributed by atoms with E-state index in [-0.39, 0.29) is 17.7 Å². The highest BCUT2D eigenvalue weighted by Crippen LogP contribution is 2.10. The van der Waals surface area contributed by atoms with Gasteiger partial charge in [0.1, 0.15) is 0 Å². The molecule has 7 heteroatoms. The van der Waals surface area contributed by atoms with Gasteiger partial charge in [0.05, 0.1) is 11.1 Å². The number of amides is 3. The fraction of sp³-hybridized carbons (Fsp3) is 0.529. The molecular formula is C17H24N4O3. The molecule has 2 heterocycles. The molecule has 1 saturated heterocycles. The lowest BCUT2D eigenvalue weighted by Crippen LogP contribution is -2.50. The third-order valence-electron chi connectivity index (χ3n) is 4.08. The number of nitrogens with one attached hydrogen (secondary N) is 1. The van der Waals surface area contributed by atoms with Crippen molar-refractivity contribution in [2.24, 2.45) is 0 Å². The van der Waals surface area contributed by atoms with Crippen molar-refractivity contribution in [3.05, 3.63) is 29.6 Å². The van der Waals surface area contributed by atoms with Crippen LogP contribution in [0.5, 0.6) is 0 Å². The molecule has 130 valence electrons. The molecule has 0 saturated carbocycles. The average molecular weight is 332 g/mol. The summed E-state index contributed by atoms with van der Waals surface area (Å²) in [7, 11) is 0. The second-order valence-corrected chi connectivity index (χ2v) is 5.87. The van der Waals surface area contributed by atoms with Crippen molar-refractivity contribution in [3.63, 3.8) is 0 Å². The Morgan fingerprint density at radius 3 is 2.33 bits per heavy atom. The van der Waals surface area contributed by atoms with Crippen molar-refractivity contribution < 1.29 is 14.4 Å². The van der Waals surface area contributed by atoms with Crippen molar-refractivity contribution >= 4 is 17.7 Å². The largest absolute Gasteiger partial charge is 0.352 e. The second-order valence-electron chi connectivity index (χ2n) is 5.87. The number of nitrogens with zero attached hydrogens (tertiary/aromatic N) is 3. The van der Waals surface area contributed by atoms with E-state index in [2.05, 4.69) is 17.2 Å². The van der Waals surface area contributed by atoms with Gasteiger partial charge in [0.2, 0.25) is 5.91 Å². The Hall–Kier alpha value is -2.44. The third-order valence-corrected chi connectivity index (χ3v) is 4.08. The van der Waals surface area contributed by atoms with E-state index in [4.69, 9.17) is 0 Å². The number of rotatable bonds is 5. The first kappa shape index (κ1) is 17.9. The summed E-state index contributed by atoms with van der Waals surface area (Å²) >= 11 is 0. The molecule has 7 nitrogen and oxygen atoms in total. The van der Waals surface area contributed by atoms with Gasteiger partial charge in [-0.15, -0.1) is 0 Å². The Balaban J connectivity index is 1.99. The summed E-state index contributed by atoms with van der Waals surface area (Å²) in [5.74, 6) is -0.351. The van der Waals surface area contributed by atoms with E-state index >= 15 is 0 Å². The normalized spacial score (nSPS) is 14.4. The number of carbonyl (C=O) groups excluding carboxylic acids is 3. The number of hydrogen-bond donors (Lipinski definition) is 1. The molecule has 24 heavy (non-hydrogen) atoms. The summed E-state index contributed by atoms with van der Waals surface area (Å²) in [6.45, 7) is 6.25. The van der Waals surface area contributed by atoms with E-state index in [0.29, 0.717) is 43.9 Å². The number of pyridine rings is 1. The zero-order valence-corrected chi connectivity index (χ0v) is 14.2. The van der Waals surface area contributed by atoms with E-state index < -0.39 is 0 Å². The molecule has 0 atom stereocenters. The van der Waals surface area contributed by atoms with Gasteiger partial charge in [-0.2, -0.15) is 0 Å². The quantitative estimate of drug-likeness (QED) is 0.813. The molecule has 2 rings (SSSR count). The highest BCUT2D eigenvalue weighted by Gasteiger charge is 2.23. The van der Waals surface area contributed by atoms with Crippen LogP contribution in [0.25, 0.3) is 0 Å². The van der Waals surface area contributed by atoms with Crippen LogP contribution in [0.2, 0.25) is 0 Å². The molecule has 0 bridgehead atoms. The smallest absolute Gasteiger partial charge is 0.255 e. The van der Waals surface area contributed by atoms with Crippen molar-refractivity contribution in [1.82, 2.24) is 20.1 Å². The predicted molar refractivity (Wildman–Crippen MR) is 89.6 cm³/mol. The minimum atomic E-state index is -0.216. The van der Waals surface area contributed by atoms with Crippen molar-refractivity contribution in [1.29, 1.82) is 0 Å². The first-order valence-electron chi connectivity index (χ1n) is 8.31. The number of aromatic nitrogens is 1. The van der Waals surface area contributed by atoms with Gasteiger partial charge >= 0.3 is 0 Å². The first-order chi connectivity index (χ1) is 11.5. The van der Waals surface area contributed by atoms with Gasteiger partial charge in [-0.05, 0) is 12.5 Å². The van der Waals surface area contributed by atoms with Crippen LogP contribution in [0.15, 0.2) is 18.5 Å². The van der Waals surface area contributed by atoms with Gasteiger partial charge in [0, 0.05) is 52.0 Å². The Morgan fingerprint density at radius 2 is 1.71 bits per heavy atom. The maximum Gasteiger partial charge on any atom is 0.255 e. The molecule has 1 aliphatic rings. The predicted octanol–water partition coefficient (Wildman–Crippen LogP) is 0.916. The van der Waals surface area contributed by atoms with Crippen molar-refractivity contribution in [2.45, 2.75) is 26.7 Å². The van der Waals surface area contributed by atoms with Gasteiger partial charge < -0.3 is 15.1 Å². The van der Waals surface area contributed by atoms with E-state index in [9.17, 15) is 14.4 Å². The summed E-state index contributed by atoms with van der Waals surface area (Å²) in [5.41, 5.74) is 0.786. The van der Waals surface area contributed by atoms with Crippen molar-refractivity contribution in [3.8, 4) is 0 Å². The number of hydrogen-bond acceptors (Lipinski definition) is 4. The maximum absolute atomic E-state index is 12.6. The zero-order chi connectivity index (χ0) is 17.5. The van der Waals surface area contributed by atoms with Crippen LogP contribution in [-0.4, -0.2) is 65.2 Å². The van der Waals surface area contributed by atoms with Gasteiger partial charge in [-0.1, -0.05) is 13.3 Å². The van der Waals surface area contributed by atoms with Crippen LogP contribution < -0.4 is 5.32 Å². The number of unbranched alkanes of at least 4 members (excludes halogenated alkanes) is 1. The minimum absolute atomic E-state index is 0.0227. The standard InChI is InChI=1S/C17H24N4O3/c1-3-4-5-19-16(23)14-10-15(12-18-11-14)17(24)21-8-6-20(7-9-21)13(2)22/h10-12H,3-9H2,1-2H3,(H,19,23). The lowest BCUT2D eigenvalue weighted by atomic mass is 10.1. The maximum atomic E-state index is 12.6. The van der Waals surface area contributed by atoms with Crippen molar-refractivity contribution in [2.75, 3.05) is 32.7 Å². The van der Waals surface area contributed by atoms with Gasteiger partial charge in [-0.25, -0.2) is 0 Å². The lowest BCUT2D eigenvalue weighted by Gasteiger charge is -2.34. The molecule has 0 spiro atoms. The van der Waals surface area contributed by atoms with Gasteiger partial charge in [0.15, 0.2) is 0 Å². The summed E-state index contributed by atoms with van der Waals surface area (Å²) in [4.78, 5) is 43.4. The molecule has 0 unspecified atom stereocenters. The van der Waals surface area contributed by atoms with Crippen LogP contribution in [0, 0.1) is 0 Å². The first-order valence-corrected chi connectivity index (χ1v) is 8.31. The summed E-state index contributed by atoms with van der Waals surface area (Å²) in [5, 5.41) is 2.82. The van der Waals surface area contributed by atoms with E-state index in [1.54, 1.807) is 15.9 Å². The molecular weight excluding hydrogens is 308 g/mol. The third kappa shape index (κ3) is 4.53. The van der Waals surface area contributed by atoms with E-state index in [1.165, 1.54) is 19.3 Å². The zero-order valence-electron chi connectivity index (χ0n) is 14.2. The fourth-order valence-electron chi connectivity index (χ4n) is 2.57. The molecule has 1 aliphatic heterocycles. The van der Waals surface area contributed by atoms with Crippen LogP contribution in [-0.2, 0) is 4.79 Å². The summed E-state index contributed by atoms with van der Waals surface area (Å²) in [6, 6.07) is 1.58. The van der Waals surface area contributed by atoms with Crippen LogP contribution in [0.1, 0.15) is 47.4 Å². The molecule has 0 aromatic carbocycles. The number of carbonyl (C=O) groups is 3. The highest BCUT2D eigenvalue weighted by molar-refractivity contribution is 5.99. The molecule has 1 aromatic rings.